The van der Waals surface area contributed by atoms with E-state index in [0.29, 0.717) is 17.1 Å². The number of hydrogen-bond donors (Lipinski definition) is 1. The average Bonchev–Trinajstić information content (AvgIpc) is 2.40. The molecule has 0 amide bonds. The van der Waals surface area contributed by atoms with Crippen LogP contribution in [0.4, 0.5) is 17.2 Å². The Labute approximate surface area is 124 Å². The molecule has 2 rings (SSSR count). The Morgan fingerprint density at radius 1 is 1.40 bits per heavy atom. The second-order valence-electron chi connectivity index (χ2n) is 4.09. The van der Waals surface area contributed by atoms with Gasteiger partial charge in [0.05, 0.1) is 16.5 Å². The van der Waals surface area contributed by atoms with Crippen molar-refractivity contribution in [2.24, 2.45) is 0 Å². The zero-order valence-corrected chi connectivity index (χ0v) is 12.5. The minimum atomic E-state index is -0.450. The first-order valence-electron chi connectivity index (χ1n) is 5.73. The van der Waals surface area contributed by atoms with E-state index >= 15 is 0 Å². The molecule has 0 bridgehead atoms. The molecule has 2 aromatic rings. The van der Waals surface area contributed by atoms with Gasteiger partial charge < -0.3 is 10.1 Å². The van der Waals surface area contributed by atoms with Crippen LogP contribution in [0.1, 0.15) is 5.56 Å². The van der Waals surface area contributed by atoms with Crippen molar-refractivity contribution in [2.45, 2.75) is 6.92 Å². The molecule has 0 fully saturated rings. The Bertz CT molecular complexity index is 661. The first kappa shape index (κ1) is 14.3. The maximum atomic E-state index is 10.7. The second-order valence-corrected chi connectivity index (χ2v) is 4.94. The molecule has 0 saturated heterocycles. The fourth-order valence-electron chi connectivity index (χ4n) is 1.69. The van der Waals surface area contributed by atoms with Crippen LogP contribution in [0, 0.1) is 17.0 Å². The first-order valence-corrected chi connectivity index (χ1v) is 6.52. The molecule has 104 valence electrons. The highest BCUT2D eigenvalue weighted by molar-refractivity contribution is 9.10. The molecular formula is C13H12BrN3O3. The number of methoxy groups -OCH3 is 1. The molecule has 0 spiro atoms. The summed E-state index contributed by atoms with van der Waals surface area (Å²) in [6.07, 6.45) is 1.24. The topological polar surface area (TPSA) is 77.3 Å². The van der Waals surface area contributed by atoms with E-state index < -0.39 is 4.92 Å². The summed E-state index contributed by atoms with van der Waals surface area (Å²) < 4.78 is 6.05. The monoisotopic (exact) mass is 337 g/mol. The summed E-state index contributed by atoms with van der Waals surface area (Å²) in [7, 11) is 1.58. The van der Waals surface area contributed by atoms with Crippen molar-refractivity contribution >= 4 is 33.1 Å². The molecule has 0 unspecified atom stereocenters. The van der Waals surface area contributed by atoms with Crippen LogP contribution in [0.25, 0.3) is 0 Å². The van der Waals surface area contributed by atoms with Crippen LogP contribution in [-0.4, -0.2) is 17.0 Å². The van der Waals surface area contributed by atoms with Crippen molar-refractivity contribution in [1.29, 1.82) is 0 Å². The van der Waals surface area contributed by atoms with Gasteiger partial charge in [-0.2, -0.15) is 0 Å². The number of halogens is 1. The van der Waals surface area contributed by atoms with Crippen molar-refractivity contribution in [3.8, 4) is 5.75 Å². The zero-order valence-electron chi connectivity index (χ0n) is 10.9. The maximum Gasteiger partial charge on any atom is 0.290 e. The van der Waals surface area contributed by atoms with E-state index in [9.17, 15) is 10.1 Å². The van der Waals surface area contributed by atoms with Crippen molar-refractivity contribution in [3.05, 3.63) is 50.6 Å². The molecule has 1 heterocycles. The summed E-state index contributed by atoms with van der Waals surface area (Å²) >= 11 is 3.37. The number of aryl methyl sites for hydroxylation is 1. The quantitative estimate of drug-likeness (QED) is 0.677. The van der Waals surface area contributed by atoms with Gasteiger partial charge in [-0.25, -0.2) is 4.98 Å². The van der Waals surface area contributed by atoms with Gasteiger partial charge in [0.2, 0.25) is 0 Å². The van der Waals surface area contributed by atoms with Gasteiger partial charge in [-0.15, -0.1) is 0 Å². The highest BCUT2D eigenvalue weighted by Crippen LogP contribution is 2.29. The number of pyridine rings is 1. The number of rotatable bonds is 4. The van der Waals surface area contributed by atoms with Gasteiger partial charge in [0.15, 0.2) is 0 Å². The second kappa shape index (κ2) is 5.87. The Morgan fingerprint density at radius 3 is 2.75 bits per heavy atom. The number of aromatic nitrogens is 1. The highest BCUT2D eigenvalue weighted by atomic mass is 79.9. The minimum Gasteiger partial charge on any atom is -0.495 e. The lowest BCUT2D eigenvalue weighted by molar-refractivity contribution is -0.385. The number of hydrogen-bond acceptors (Lipinski definition) is 5. The number of ether oxygens (including phenoxy) is 1. The summed E-state index contributed by atoms with van der Waals surface area (Å²) in [5.41, 5.74) is 1.34. The Hall–Kier alpha value is -2.15. The maximum absolute atomic E-state index is 10.7. The van der Waals surface area contributed by atoms with Gasteiger partial charge in [-0.1, -0.05) is 0 Å². The van der Waals surface area contributed by atoms with Gasteiger partial charge >= 0.3 is 0 Å². The molecule has 1 N–H and O–H groups in total. The lowest BCUT2D eigenvalue weighted by Gasteiger charge is -2.09. The summed E-state index contributed by atoms with van der Waals surface area (Å²) in [6.45, 7) is 1.67. The molecule has 0 aliphatic rings. The van der Waals surface area contributed by atoms with E-state index in [-0.39, 0.29) is 5.69 Å². The molecule has 0 saturated carbocycles. The molecule has 0 aliphatic heterocycles. The van der Waals surface area contributed by atoms with Crippen molar-refractivity contribution in [1.82, 2.24) is 4.98 Å². The Morgan fingerprint density at radius 2 is 2.15 bits per heavy atom. The number of benzene rings is 1. The van der Waals surface area contributed by atoms with Crippen LogP contribution in [0.2, 0.25) is 0 Å². The van der Waals surface area contributed by atoms with E-state index in [1.54, 1.807) is 20.1 Å². The molecule has 1 aromatic carbocycles. The molecule has 7 heteroatoms. The SMILES string of the molecule is COc1cc(Nc2cc(C)c([N+](=O)[O-])cn2)ccc1Br. The fraction of sp³-hybridized carbons (Fsp3) is 0.154. The number of anilines is 2. The largest absolute Gasteiger partial charge is 0.495 e. The standard InChI is InChI=1S/C13H12BrN3O3/c1-8-5-13(15-7-11(8)17(18)19)16-9-3-4-10(14)12(6-9)20-2/h3-7H,1-2H3,(H,15,16). The van der Waals surface area contributed by atoms with Crippen LogP contribution in [-0.2, 0) is 0 Å². The fourth-order valence-corrected chi connectivity index (χ4v) is 2.10. The molecule has 6 nitrogen and oxygen atoms in total. The van der Waals surface area contributed by atoms with Crippen molar-refractivity contribution < 1.29 is 9.66 Å². The van der Waals surface area contributed by atoms with Gasteiger partial charge in [-0.3, -0.25) is 10.1 Å². The van der Waals surface area contributed by atoms with Crippen LogP contribution in [0.3, 0.4) is 0 Å². The van der Waals surface area contributed by atoms with Crippen LogP contribution in [0.5, 0.6) is 5.75 Å². The molecule has 1 aromatic heterocycles. The van der Waals surface area contributed by atoms with E-state index in [4.69, 9.17) is 4.74 Å². The number of nitro groups is 1. The molecule has 0 aliphatic carbocycles. The van der Waals surface area contributed by atoms with Gasteiger partial charge in [0.25, 0.3) is 5.69 Å². The number of nitrogens with one attached hydrogen (secondary N) is 1. The predicted molar refractivity (Wildman–Crippen MR) is 79.6 cm³/mol. The lowest BCUT2D eigenvalue weighted by Crippen LogP contribution is -1.98. The van der Waals surface area contributed by atoms with Crippen LogP contribution < -0.4 is 10.1 Å². The van der Waals surface area contributed by atoms with Gasteiger partial charge in [-0.05, 0) is 41.1 Å². The zero-order chi connectivity index (χ0) is 14.7. The van der Waals surface area contributed by atoms with E-state index in [0.717, 1.165) is 10.2 Å². The summed E-state index contributed by atoms with van der Waals surface area (Å²) in [5, 5.41) is 13.8. The molecule has 20 heavy (non-hydrogen) atoms. The Balaban J connectivity index is 2.26. The molecule has 0 atom stereocenters. The van der Waals surface area contributed by atoms with Gasteiger partial charge in [0.1, 0.15) is 17.8 Å². The predicted octanol–water partition coefficient (Wildman–Crippen LogP) is 3.81. The number of nitrogens with zero attached hydrogens (tertiary/aromatic N) is 2. The van der Waals surface area contributed by atoms with Crippen LogP contribution in [0.15, 0.2) is 34.9 Å². The van der Waals surface area contributed by atoms with Crippen molar-refractivity contribution in [2.75, 3.05) is 12.4 Å². The third kappa shape index (κ3) is 3.05. The first-order chi connectivity index (χ1) is 9.51. The average molecular weight is 338 g/mol. The molecule has 0 radical (unpaired) electrons. The third-order valence-electron chi connectivity index (χ3n) is 2.70. The van der Waals surface area contributed by atoms with E-state index in [1.807, 2.05) is 18.2 Å². The summed E-state index contributed by atoms with van der Waals surface area (Å²) in [6, 6.07) is 7.14. The van der Waals surface area contributed by atoms with Gasteiger partial charge in [0, 0.05) is 17.3 Å². The van der Waals surface area contributed by atoms with E-state index in [1.165, 1.54) is 6.20 Å². The van der Waals surface area contributed by atoms with Crippen molar-refractivity contribution in [3.63, 3.8) is 0 Å². The summed E-state index contributed by atoms with van der Waals surface area (Å²) in [4.78, 5) is 14.3. The molecular weight excluding hydrogens is 326 g/mol. The normalized spacial score (nSPS) is 10.2. The highest BCUT2D eigenvalue weighted by Gasteiger charge is 2.11. The smallest absolute Gasteiger partial charge is 0.290 e. The minimum absolute atomic E-state index is 0.00365. The Kier molecular flexibility index (Phi) is 4.19. The van der Waals surface area contributed by atoms with E-state index in [2.05, 4.69) is 26.2 Å². The lowest BCUT2D eigenvalue weighted by atomic mass is 10.2. The third-order valence-corrected chi connectivity index (χ3v) is 3.36. The summed E-state index contributed by atoms with van der Waals surface area (Å²) in [5.74, 6) is 1.23. The van der Waals surface area contributed by atoms with Crippen LogP contribution >= 0.6 is 15.9 Å².